The summed E-state index contributed by atoms with van der Waals surface area (Å²) in [6.45, 7) is 0. The van der Waals surface area contributed by atoms with E-state index in [2.05, 4.69) is 0 Å². The van der Waals surface area contributed by atoms with Crippen molar-refractivity contribution in [2.75, 3.05) is 0 Å². The third-order valence-electron chi connectivity index (χ3n) is 6.54. The van der Waals surface area contributed by atoms with E-state index in [4.69, 9.17) is 0 Å². The van der Waals surface area contributed by atoms with Crippen LogP contribution in [-0.2, 0) is 9.59 Å². The molecule has 176 valence electrons. The van der Waals surface area contributed by atoms with Crippen molar-refractivity contribution in [2.24, 2.45) is 0 Å². The number of aliphatic hydroxyl groups excluding tert-OH is 2. The quantitative estimate of drug-likeness (QED) is 0.317. The summed E-state index contributed by atoms with van der Waals surface area (Å²) >= 11 is 0. The van der Waals surface area contributed by atoms with Crippen molar-refractivity contribution in [1.29, 1.82) is 0 Å². The minimum atomic E-state index is -0.753. The van der Waals surface area contributed by atoms with Crippen LogP contribution < -0.4 is 0 Å². The first-order valence-corrected chi connectivity index (χ1v) is 11.7. The van der Waals surface area contributed by atoms with E-state index in [9.17, 15) is 19.8 Å². The number of carbonyl (C=O) groups excluding carboxylic acids is 2. The summed E-state index contributed by atoms with van der Waals surface area (Å²) in [7, 11) is 0. The molecule has 0 radical (unpaired) electrons. The standard InChI is InChI=1S/C32H24O4/c33-29-27(25(21-13-5-1-6-14-21)22-15-7-2-8-16-22)30(34)32(36)28(31(29)35)26(23-17-9-3-10-18-23)24-19-11-4-12-20-24/h1-20,25-26,33,36H. The Kier molecular flexibility index (Phi) is 6.33. The molecule has 1 aliphatic carbocycles. The van der Waals surface area contributed by atoms with Crippen LogP contribution in [0.15, 0.2) is 144 Å². The van der Waals surface area contributed by atoms with Gasteiger partial charge in [0, 0.05) is 11.8 Å². The van der Waals surface area contributed by atoms with Crippen LogP contribution in [0.5, 0.6) is 0 Å². The molecule has 36 heavy (non-hydrogen) atoms. The summed E-state index contributed by atoms with van der Waals surface area (Å²) in [5, 5.41) is 22.6. The van der Waals surface area contributed by atoms with Gasteiger partial charge in [0.1, 0.15) is 0 Å². The Morgan fingerprint density at radius 2 is 0.611 bits per heavy atom. The monoisotopic (exact) mass is 472 g/mol. The first-order valence-electron chi connectivity index (χ1n) is 11.7. The van der Waals surface area contributed by atoms with Crippen LogP contribution in [0.2, 0.25) is 0 Å². The summed E-state index contributed by atoms with van der Waals surface area (Å²) in [5.41, 5.74) is 2.66. The maximum Gasteiger partial charge on any atom is 0.228 e. The number of aliphatic hydroxyl groups is 2. The van der Waals surface area contributed by atoms with Crippen molar-refractivity contribution in [2.45, 2.75) is 11.8 Å². The van der Waals surface area contributed by atoms with Gasteiger partial charge in [-0.05, 0) is 22.3 Å². The van der Waals surface area contributed by atoms with Gasteiger partial charge in [-0.1, -0.05) is 121 Å². The van der Waals surface area contributed by atoms with Gasteiger partial charge in [0.15, 0.2) is 11.5 Å². The van der Waals surface area contributed by atoms with Crippen molar-refractivity contribution < 1.29 is 19.8 Å². The molecule has 0 bridgehead atoms. The fraction of sp³-hybridized carbons (Fsp3) is 0.0625. The topological polar surface area (TPSA) is 74.6 Å². The van der Waals surface area contributed by atoms with Crippen molar-refractivity contribution in [3.8, 4) is 0 Å². The lowest BCUT2D eigenvalue weighted by atomic mass is 9.74. The summed E-state index contributed by atoms with van der Waals surface area (Å²) in [5.74, 6) is -4.23. The highest BCUT2D eigenvalue weighted by atomic mass is 16.3. The van der Waals surface area contributed by atoms with E-state index in [-0.39, 0.29) is 11.1 Å². The van der Waals surface area contributed by atoms with Gasteiger partial charge in [0.05, 0.1) is 11.1 Å². The molecule has 0 aliphatic heterocycles. The second-order valence-corrected chi connectivity index (χ2v) is 8.69. The van der Waals surface area contributed by atoms with Gasteiger partial charge >= 0.3 is 0 Å². The minimum Gasteiger partial charge on any atom is -0.504 e. The zero-order chi connectivity index (χ0) is 25.1. The Hall–Kier alpha value is -4.70. The van der Waals surface area contributed by atoms with Crippen molar-refractivity contribution in [3.63, 3.8) is 0 Å². The molecule has 0 unspecified atom stereocenters. The third kappa shape index (κ3) is 4.14. The van der Waals surface area contributed by atoms with Gasteiger partial charge < -0.3 is 10.2 Å². The fourth-order valence-electron chi connectivity index (χ4n) is 4.88. The third-order valence-corrected chi connectivity index (χ3v) is 6.54. The molecule has 2 N–H and O–H groups in total. The van der Waals surface area contributed by atoms with Crippen molar-refractivity contribution in [1.82, 2.24) is 0 Å². The summed E-state index contributed by atoms with van der Waals surface area (Å²) in [6.07, 6.45) is 0. The lowest BCUT2D eigenvalue weighted by Crippen LogP contribution is -2.30. The van der Waals surface area contributed by atoms with E-state index in [1.165, 1.54) is 0 Å². The molecule has 1 aliphatic rings. The molecule has 4 nitrogen and oxygen atoms in total. The average molecular weight is 473 g/mol. The van der Waals surface area contributed by atoms with Gasteiger partial charge in [-0.25, -0.2) is 0 Å². The predicted molar refractivity (Wildman–Crippen MR) is 139 cm³/mol. The zero-order valence-corrected chi connectivity index (χ0v) is 19.4. The molecular weight excluding hydrogens is 448 g/mol. The molecule has 0 spiro atoms. The molecule has 4 aromatic rings. The second-order valence-electron chi connectivity index (χ2n) is 8.69. The van der Waals surface area contributed by atoms with E-state index in [0.29, 0.717) is 0 Å². The van der Waals surface area contributed by atoms with E-state index in [1.54, 1.807) is 0 Å². The summed E-state index contributed by atoms with van der Waals surface area (Å²) in [6, 6.07) is 36.8. The predicted octanol–water partition coefficient (Wildman–Crippen LogP) is 6.43. The van der Waals surface area contributed by atoms with Gasteiger partial charge in [-0.3, -0.25) is 9.59 Å². The molecule has 0 fully saturated rings. The minimum absolute atomic E-state index is 0.126. The van der Waals surface area contributed by atoms with Crippen LogP contribution in [-0.4, -0.2) is 21.8 Å². The maximum atomic E-state index is 13.8. The average Bonchev–Trinajstić information content (AvgIpc) is 2.94. The number of Topliss-reactive ketones (excluding diaryl/α,β-unsaturated/α-hetero) is 2. The van der Waals surface area contributed by atoms with Gasteiger partial charge in [0.2, 0.25) is 11.6 Å². The first kappa shape index (κ1) is 23.1. The van der Waals surface area contributed by atoms with E-state index >= 15 is 0 Å². The van der Waals surface area contributed by atoms with Crippen molar-refractivity contribution in [3.05, 3.63) is 166 Å². The molecular formula is C32H24O4. The molecule has 5 rings (SSSR count). The van der Waals surface area contributed by atoms with E-state index < -0.39 is 34.9 Å². The number of carbonyl (C=O) groups is 2. The Morgan fingerprint density at radius 3 is 0.833 bits per heavy atom. The molecule has 0 heterocycles. The first-order chi connectivity index (χ1) is 17.6. The number of hydrogen-bond acceptors (Lipinski definition) is 4. The van der Waals surface area contributed by atoms with Crippen LogP contribution in [0.3, 0.4) is 0 Å². The lowest BCUT2D eigenvalue weighted by Gasteiger charge is -2.28. The molecule has 0 saturated heterocycles. The Bertz CT molecular complexity index is 1260. The molecule has 4 heteroatoms. The number of allylic oxidation sites excluding steroid dienone is 2. The van der Waals surface area contributed by atoms with Gasteiger partial charge in [-0.2, -0.15) is 0 Å². The second kappa shape index (κ2) is 9.88. The van der Waals surface area contributed by atoms with Crippen LogP contribution in [0.25, 0.3) is 0 Å². The van der Waals surface area contributed by atoms with E-state index in [1.807, 2.05) is 121 Å². The molecule has 0 aromatic heterocycles. The molecule has 0 atom stereocenters. The Balaban J connectivity index is 1.69. The smallest absolute Gasteiger partial charge is 0.228 e. The fourth-order valence-corrected chi connectivity index (χ4v) is 4.88. The SMILES string of the molecule is O=C1C(O)=C(C(c2ccccc2)c2ccccc2)C(=O)C(O)=C1C(c1ccccc1)c1ccccc1. The lowest BCUT2D eigenvalue weighted by molar-refractivity contribution is -0.120. The van der Waals surface area contributed by atoms with Crippen LogP contribution >= 0.6 is 0 Å². The summed E-state index contributed by atoms with van der Waals surface area (Å²) < 4.78 is 0. The molecule has 4 aromatic carbocycles. The Morgan fingerprint density at radius 1 is 0.389 bits per heavy atom. The van der Waals surface area contributed by atoms with Crippen LogP contribution in [0, 0.1) is 0 Å². The number of ketones is 2. The van der Waals surface area contributed by atoms with Gasteiger partial charge in [-0.15, -0.1) is 0 Å². The normalized spacial score (nSPS) is 14.2. The van der Waals surface area contributed by atoms with Crippen LogP contribution in [0.4, 0.5) is 0 Å². The van der Waals surface area contributed by atoms with Crippen molar-refractivity contribution >= 4 is 11.6 Å². The largest absolute Gasteiger partial charge is 0.504 e. The van der Waals surface area contributed by atoms with Gasteiger partial charge in [0.25, 0.3) is 0 Å². The highest BCUT2D eigenvalue weighted by Crippen LogP contribution is 2.42. The van der Waals surface area contributed by atoms with E-state index in [0.717, 1.165) is 22.3 Å². The number of hydrogen-bond donors (Lipinski definition) is 2. The highest BCUT2D eigenvalue weighted by Gasteiger charge is 2.42. The Labute approximate surface area is 209 Å². The highest BCUT2D eigenvalue weighted by molar-refractivity contribution is 6.24. The number of rotatable bonds is 6. The molecule has 0 saturated carbocycles. The zero-order valence-electron chi connectivity index (χ0n) is 19.4. The summed E-state index contributed by atoms with van der Waals surface area (Å²) in [4.78, 5) is 27.5. The van der Waals surface area contributed by atoms with Crippen LogP contribution in [0.1, 0.15) is 34.1 Å². The molecule has 0 amide bonds. The maximum absolute atomic E-state index is 13.8. The number of benzene rings is 4.